The highest BCUT2D eigenvalue weighted by Gasteiger charge is 2.27. The van der Waals surface area contributed by atoms with Gasteiger partial charge in [0, 0.05) is 17.3 Å². The van der Waals surface area contributed by atoms with Crippen LogP contribution < -0.4 is 10.6 Å². The molecule has 0 spiro atoms. The van der Waals surface area contributed by atoms with Crippen LogP contribution in [0.2, 0.25) is 10.0 Å². The van der Waals surface area contributed by atoms with Crippen LogP contribution in [-0.2, 0) is 0 Å². The molecule has 3 heterocycles. The van der Waals surface area contributed by atoms with Gasteiger partial charge in [-0.15, -0.1) is 5.10 Å². The Labute approximate surface area is 239 Å². The molecule has 1 saturated carbocycles. The summed E-state index contributed by atoms with van der Waals surface area (Å²) < 4.78 is 25.0. The Kier molecular flexibility index (Phi) is 6.33. The lowest BCUT2D eigenvalue weighted by atomic mass is 10.0. The first-order valence-corrected chi connectivity index (χ1v) is 12.9. The maximum Gasteiger partial charge on any atom is 0.231 e. The lowest BCUT2D eigenvalue weighted by Gasteiger charge is -2.20. The number of nitrogens with one attached hydrogen (secondary N) is 2. The zero-order chi connectivity index (χ0) is 28.7. The van der Waals surface area contributed by atoms with Crippen LogP contribution in [-0.4, -0.2) is 25.0 Å². The maximum atomic E-state index is 13.7. The molecule has 3 aromatic heterocycles. The Balaban J connectivity index is 1.49. The summed E-state index contributed by atoms with van der Waals surface area (Å²) in [6.07, 6.45) is 6.33. The van der Waals surface area contributed by atoms with Crippen molar-refractivity contribution < 1.29 is 5.76 Å². The van der Waals surface area contributed by atoms with Gasteiger partial charge in [0.15, 0.2) is 0 Å². The van der Waals surface area contributed by atoms with Gasteiger partial charge in [-0.25, -0.2) is 9.67 Å². The molecular formula is C28H18Cl2FN9. The van der Waals surface area contributed by atoms with Crippen molar-refractivity contribution in [1.29, 1.82) is 10.5 Å². The fourth-order valence-corrected chi connectivity index (χ4v) is 4.70. The van der Waals surface area contributed by atoms with Crippen molar-refractivity contribution in [3.63, 3.8) is 0 Å². The summed E-state index contributed by atoms with van der Waals surface area (Å²) in [6.45, 7) is 0. The van der Waals surface area contributed by atoms with Gasteiger partial charge in [-0.1, -0.05) is 40.5 Å². The summed E-state index contributed by atoms with van der Waals surface area (Å²) >= 11 is 12.6. The minimum Gasteiger partial charge on any atom is -0.373 e. The normalized spacial score (nSPS) is 14.6. The minimum absolute atomic E-state index is 0.190. The Morgan fingerprint density at radius 1 is 1.05 bits per heavy atom. The van der Waals surface area contributed by atoms with E-state index in [1.807, 2.05) is 0 Å². The third-order valence-electron chi connectivity index (χ3n) is 6.35. The first-order chi connectivity index (χ1) is 19.8. The van der Waals surface area contributed by atoms with E-state index in [4.69, 9.17) is 23.2 Å². The van der Waals surface area contributed by atoms with Crippen LogP contribution in [0, 0.1) is 28.6 Å². The molecule has 0 aliphatic heterocycles. The van der Waals surface area contributed by atoms with Crippen molar-refractivity contribution in [3.8, 4) is 12.1 Å². The smallest absolute Gasteiger partial charge is 0.231 e. The summed E-state index contributed by atoms with van der Waals surface area (Å²) in [7, 11) is 0. The van der Waals surface area contributed by atoms with Gasteiger partial charge in [0.05, 0.1) is 70.0 Å². The highest BCUT2D eigenvalue weighted by molar-refractivity contribution is 6.36. The highest BCUT2D eigenvalue weighted by Crippen LogP contribution is 2.38. The van der Waals surface area contributed by atoms with E-state index in [0.717, 1.165) is 12.8 Å². The fraction of sp³-hybridized carbons (Fsp3) is 0.143. The Hall–Kier alpha value is -4.77. The Morgan fingerprint density at radius 3 is 2.62 bits per heavy atom. The van der Waals surface area contributed by atoms with Crippen LogP contribution in [0.5, 0.6) is 0 Å². The van der Waals surface area contributed by atoms with Gasteiger partial charge in [0.1, 0.15) is 11.8 Å². The van der Waals surface area contributed by atoms with E-state index >= 15 is 0 Å². The standard InChI is InChI=1S/C28H18Cl2FN9/c29-22-8-18(7-21-25(17(11-33)12-34-27(21)22)37-19-9-23(30)28(31)35-13-19)36-26(16-3-1-2-15(6-16)10-32)24-14-40(39-38-24)20-4-5-20/h1-3,6-9,12-14,20,26,36H,4-5H2,(H,34,37)/i26D. The third-order valence-corrected chi connectivity index (χ3v) is 6.90. The van der Waals surface area contributed by atoms with Gasteiger partial charge in [-0.05, 0) is 48.7 Å². The number of benzene rings is 2. The molecule has 1 unspecified atom stereocenters. The van der Waals surface area contributed by atoms with E-state index in [0.29, 0.717) is 44.8 Å². The first-order valence-electron chi connectivity index (χ1n) is 12.6. The molecule has 5 aromatic rings. The molecule has 196 valence electrons. The molecule has 0 saturated heterocycles. The summed E-state index contributed by atoms with van der Waals surface area (Å²) in [5, 5.41) is 34.7. The summed E-state index contributed by atoms with van der Waals surface area (Å²) in [4.78, 5) is 7.99. The second-order valence-corrected chi connectivity index (χ2v) is 9.96. The lowest BCUT2D eigenvalue weighted by Crippen LogP contribution is -2.13. The number of rotatable bonds is 7. The maximum absolute atomic E-state index is 13.7. The average Bonchev–Trinajstić information content (AvgIpc) is 3.70. The second kappa shape index (κ2) is 10.4. The summed E-state index contributed by atoms with van der Waals surface area (Å²) in [5.74, 6) is -0.822. The molecule has 40 heavy (non-hydrogen) atoms. The molecule has 12 heteroatoms. The van der Waals surface area contributed by atoms with E-state index in [-0.39, 0.29) is 21.7 Å². The molecule has 1 atom stereocenters. The van der Waals surface area contributed by atoms with Crippen molar-refractivity contribution >= 4 is 51.2 Å². The molecule has 0 radical (unpaired) electrons. The third kappa shape index (κ3) is 4.98. The minimum atomic E-state index is -1.67. The van der Waals surface area contributed by atoms with E-state index in [9.17, 15) is 16.3 Å². The van der Waals surface area contributed by atoms with Crippen LogP contribution in [0.25, 0.3) is 10.9 Å². The first kappa shape index (κ1) is 24.3. The van der Waals surface area contributed by atoms with Crippen LogP contribution in [0.1, 0.15) is 48.7 Å². The van der Waals surface area contributed by atoms with Gasteiger partial charge in [-0.3, -0.25) is 4.98 Å². The zero-order valence-electron chi connectivity index (χ0n) is 21.5. The van der Waals surface area contributed by atoms with E-state index in [1.54, 1.807) is 47.3 Å². The Morgan fingerprint density at radius 2 is 1.88 bits per heavy atom. The number of hydrogen-bond donors (Lipinski definition) is 2. The van der Waals surface area contributed by atoms with Crippen molar-refractivity contribution in [1.82, 2.24) is 25.0 Å². The van der Waals surface area contributed by atoms with E-state index in [1.165, 1.54) is 18.5 Å². The average molecular weight is 571 g/mol. The second-order valence-electron chi connectivity index (χ2n) is 9.14. The van der Waals surface area contributed by atoms with Gasteiger partial charge >= 0.3 is 0 Å². The topological polar surface area (TPSA) is 128 Å². The predicted octanol–water partition coefficient (Wildman–Crippen LogP) is 6.69. The van der Waals surface area contributed by atoms with Gasteiger partial charge < -0.3 is 10.6 Å². The Bertz CT molecular complexity index is 1910. The largest absolute Gasteiger partial charge is 0.373 e. The van der Waals surface area contributed by atoms with Crippen molar-refractivity contribution in [2.75, 3.05) is 10.6 Å². The number of fused-ring (bicyclic) bond motifs is 1. The van der Waals surface area contributed by atoms with E-state index in [2.05, 4.69) is 43.1 Å². The number of hydrogen-bond acceptors (Lipinski definition) is 8. The van der Waals surface area contributed by atoms with Crippen LogP contribution in [0.3, 0.4) is 0 Å². The molecule has 0 amide bonds. The molecule has 1 aliphatic rings. The van der Waals surface area contributed by atoms with E-state index < -0.39 is 12.0 Å². The molecule has 9 nitrogen and oxygen atoms in total. The van der Waals surface area contributed by atoms with Crippen molar-refractivity contribution in [2.45, 2.75) is 24.9 Å². The predicted molar refractivity (Wildman–Crippen MR) is 149 cm³/mol. The molecule has 2 N–H and O–H groups in total. The van der Waals surface area contributed by atoms with Gasteiger partial charge in [0.25, 0.3) is 0 Å². The van der Waals surface area contributed by atoms with Crippen LogP contribution in [0.15, 0.2) is 61.1 Å². The van der Waals surface area contributed by atoms with Crippen molar-refractivity contribution in [2.24, 2.45) is 0 Å². The molecular weight excluding hydrogens is 552 g/mol. The number of pyridine rings is 2. The van der Waals surface area contributed by atoms with Gasteiger partial charge in [-0.2, -0.15) is 14.9 Å². The fourth-order valence-electron chi connectivity index (χ4n) is 4.27. The van der Waals surface area contributed by atoms with Crippen molar-refractivity contribution in [3.05, 3.63) is 99.4 Å². The zero-order valence-corrected chi connectivity index (χ0v) is 22.0. The highest BCUT2D eigenvalue weighted by atomic mass is 35.5. The number of halogens is 3. The summed E-state index contributed by atoms with van der Waals surface area (Å²) in [6, 6.07) is 14.2. The molecule has 1 aliphatic carbocycles. The molecule has 6 rings (SSSR count). The molecule has 2 aromatic carbocycles. The number of anilines is 3. The monoisotopic (exact) mass is 570 g/mol. The quantitative estimate of drug-likeness (QED) is 0.207. The van der Waals surface area contributed by atoms with Gasteiger partial charge in [0.2, 0.25) is 5.95 Å². The molecule has 0 bridgehead atoms. The summed E-state index contributed by atoms with van der Waals surface area (Å²) in [5.41, 5.74) is 2.85. The number of aromatic nitrogens is 5. The van der Waals surface area contributed by atoms with Crippen LogP contribution >= 0.6 is 23.2 Å². The SMILES string of the molecule is [2H]C(Nc1cc(Cl)c2ncc(C#N)c(Nc3cnc(F)c(Cl)c3)c2c1)(c1cccc(C#N)c1)c1cn(C2CC2)nn1. The number of nitriles is 2. The molecule has 1 fully saturated rings. The lowest BCUT2D eigenvalue weighted by molar-refractivity contribution is 0.584. The number of nitrogens with zero attached hydrogens (tertiary/aromatic N) is 7. The van der Waals surface area contributed by atoms with Crippen LogP contribution in [0.4, 0.5) is 21.5 Å².